The third-order valence-corrected chi connectivity index (χ3v) is 5.42. The van der Waals surface area contributed by atoms with Gasteiger partial charge in [-0.1, -0.05) is 24.3 Å². The molecule has 1 aliphatic rings. The summed E-state index contributed by atoms with van der Waals surface area (Å²) < 4.78 is 10.5. The minimum absolute atomic E-state index is 0.266. The Morgan fingerprint density at radius 3 is 2.24 bits per heavy atom. The quantitative estimate of drug-likeness (QED) is 0.558. The van der Waals surface area contributed by atoms with Gasteiger partial charge in [-0.05, 0) is 35.9 Å². The van der Waals surface area contributed by atoms with Gasteiger partial charge in [0.05, 0.1) is 32.3 Å². The summed E-state index contributed by atoms with van der Waals surface area (Å²) in [7, 11) is 3.16. The number of methoxy groups -OCH3 is 2. The predicted octanol–water partition coefficient (Wildman–Crippen LogP) is 3.47. The number of aromatic nitrogens is 2. The van der Waals surface area contributed by atoms with Gasteiger partial charge in [0, 0.05) is 37.9 Å². The monoisotopic (exact) mass is 445 g/mol. The maximum Gasteiger partial charge on any atom is 0.248 e. The molecule has 1 N–H and O–H groups in total. The maximum atomic E-state index is 12.3. The van der Waals surface area contributed by atoms with E-state index in [1.807, 2.05) is 12.1 Å². The number of rotatable bonds is 7. The minimum Gasteiger partial charge on any atom is -0.493 e. The number of nitrogens with one attached hydrogen (secondary N) is 1. The van der Waals surface area contributed by atoms with Gasteiger partial charge in [0.2, 0.25) is 11.9 Å². The molecule has 3 aromatic rings. The Labute approximate surface area is 193 Å². The molecule has 2 heterocycles. The summed E-state index contributed by atoms with van der Waals surface area (Å²) in [6.45, 7) is 3.50. The van der Waals surface area contributed by atoms with Crippen LogP contribution < -0.4 is 24.6 Å². The molecular formula is C25H27N5O3. The largest absolute Gasteiger partial charge is 0.493 e. The van der Waals surface area contributed by atoms with Crippen LogP contribution >= 0.6 is 0 Å². The van der Waals surface area contributed by atoms with E-state index in [0.717, 1.165) is 31.7 Å². The Morgan fingerprint density at radius 1 is 0.909 bits per heavy atom. The lowest BCUT2D eigenvalue weighted by atomic mass is 10.2. The summed E-state index contributed by atoms with van der Waals surface area (Å²) in [5.74, 6) is 1.64. The lowest BCUT2D eigenvalue weighted by molar-refractivity contribution is -0.111. The van der Waals surface area contributed by atoms with Crippen LogP contribution in [0.1, 0.15) is 5.56 Å². The van der Waals surface area contributed by atoms with Crippen molar-refractivity contribution >= 4 is 29.3 Å². The summed E-state index contributed by atoms with van der Waals surface area (Å²) in [4.78, 5) is 25.7. The van der Waals surface area contributed by atoms with E-state index in [0.29, 0.717) is 23.1 Å². The molecule has 8 heteroatoms. The van der Waals surface area contributed by atoms with Crippen LogP contribution in [0, 0.1) is 0 Å². The first-order valence-electron chi connectivity index (χ1n) is 10.7. The number of carbonyl (C=O) groups excluding carboxylic acids is 1. The van der Waals surface area contributed by atoms with Gasteiger partial charge in [0.1, 0.15) is 0 Å². The summed E-state index contributed by atoms with van der Waals surface area (Å²) in [5, 5.41) is 2.79. The molecular weight excluding hydrogens is 418 g/mol. The summed E-state index contributed by atoms with van der Waals surface area (Å²) in [5.41, 5.74) is 2.60. The van der Waals surface area contributed by atoms with E-state index in [1.54, 1.807) is 44.8 Å². The number of hydrogen-bond acceptors (Lipinski definition) is 7. The zero-order chi connectivity index (χ0) is 23.0. The SMILES string of the molecule is COc1ccc(/C=C/C(=O)Nc2cnc(N3CCN(c4ccccc4)CC3)nc2)cc1OC. The van der Waals surface area contributed by atoms with Crippen LogP contribution in [0.2, 0.25) is 0 Å². The van der Waals surface area contributed by atoms with E-state index in [4.69, 9.17) is 9.47 Å². The first-order chi connectivity index (χ1) is 16.2. The maximum absolute atomic E-state index is 12.3. The second-order valence-corrected chi connectivity index (χ2v) is 7.52. The van der Waals surface area contributed by atoms with Crippen molar-refractivity contribution in [3.8, 4) is 11.5 Å². The average Bonchev–Trinajstić information content (AvgIpc) is 2.88. The molecule has 170 valence electrons. The number of hydrogen-bond donors (Lipinski definition) is 1. The number of para-hydroxylation sites is 1. The van der Waals surface area contributed by atoms with Crippen molar-refractivity contribution < 1.29 is 14.3 Å². The lowest BCUT2D eigenvalue weighted by Gasteiger charge is -2.36. The molecule has 0 unspecified atom stereocenters. The second kappa shape index (κ2) is 10.5. The second-order valence-electron chi connectivity index (χ2n) is 7.52. The van der Waals surface area contributed by atoms with Crippen molar-refractivity contribution in [3.05, 3.63) is 72.6 Å². The van der Waals surface area contributed by atoms with Crippen LogP contribution in [0.5, 0.6) is 11.5 Å². The summed E-state index contributed by atoms with van der Waals surface area (Å²) in [6, 6.07) is 15.8. The molecule has 0 atom stereocenters. The predicted molar refractivity (Wildman–Crippen MR) is 130 cm³/mol. The first kappa shape index (κ1) is 22.1. The average molecular weight is 446 g/mol. The normalized spacial score (nSPS) is 13.8. The Bertz CT molecular complexity index is 1090. The molecule has 2 aromatic carbocycles. The van der Waals surface area contributed by atoms with Crippen LogP contribution in [0.3, 0.4) is 0 Å². The van der Waals surface area contributed by atoms with Gasteiger partial charge in [-0.3, -0.25) is 4.79 Å². The zero-order valence-corrected chi connectivity index (χ0v) is 18.8. The highest BCUT2D eigenvalue weighted by molar-refractivity contribution is 6.01. The zero-order valence-electron chi connectivity index (χ0n) is 18.8. The third-order valence-electron chi connectivity index (χ3n) is 5.42. The molecule has 0 aliphatic carbocycles. The van der Waals surface area contributed by atoms with Gasteiger partial charge in [-0.2, -0.15) is 0 Å². The third kappa shape index (κ3) is 5.60. The fourth-order valence-corrected chi connectivity index (χ4v) is 3.66. The van der Waals surface area contributed by atoms with E-state index in [9.17, 15) is 4.79 Å². The number of nitrogens with zero attached hydrogens (tertiary/aromatic N) is 4. The fourth-order valence-electron chi connectivity index (χ4n) is 3.66. The van der Waals surface area contributed by atoms with Gasteiger partial charge < -0.3 is 24.6 Å². The Hall–Kier alpha value is -4.07. The van der Waals surface area contributed by atoms with E-state index in [2.05, 4.69) is 49.4 Å². The highest BCUT2D eigenvalue weighted by Gasteiger charge is 2.19. The van der Waals surface area contributed by atoms with Crippen molar-refractivity contribution in [2.75, 3.05) is 55.5 Å². The molecule has 0 saturated carbocycles. The van der Waals surface area contributed by atoms with Crippen molar-refractivity contribution in [2.24, 2.45) is 0 Å². The van der Waals surface area contributed by atoms with Crippen molar-refractivity contribution in [3.63, 3.8) is 0 Å². The Balaban J connectivity index is 1.30. The lowest BCUT2D eigenvalue weighted by Crippen LogP contribution is -2.47. The van der Waals surface area contributed by atoms with Crippen LogP contribution in [0.25, 0.3) is 6.08 Å². The molecule has 1 saturated heterocycles. The molecule has 0 radical (unpaired) electrons. The highest BCUT2D eigenvalue weighted by atomic mass is 16.5. The highest BCUT2D eigenvalue weighted by Crippen LogP contribution is 2.28. The van der Waals surface area contributed by atoms with Crippen molar-refractivity contribution in [1.29, 1.82) is 0 Å². The van der Waals surface area contributed by atoms with Crippen molar-refractivity contribution in [2.45, 2.75) is 0 Å². The molecule has 0 bridgehead atoms. The molecule has 8 nitrogen and oxygen atoms in total. The molecule has 1 amide bonds. The van der Waals surface area contributed by atoms with E-state index < -0.39 is 0 Å². The number of carbonyl (C=O) groups is 1. The molecule has 1 fully saturated rings. The van der Waals surface area contributed by atoms with Gasteiger partial charge >= 0.3 is 0 Å². The van der Waals surface area contributed by atoms with Gasteiger partial charge in [-0.15, -0.1) is 0 Å². The number of piperazine rings is 1. The Kier molecular flexibility index (Phi) is 7.04. The number of amides is 1. The van der Waals surface area contributed by atoms with E-state index >= 15 is 0 Å². The summed E-state index contributed by atoms with van der Waals surface area (Å²) >= 11 is 0. The Morgan fingerprint density at radius 2 is 1.58 bits per heavy atom. The molecule has 33 heavy (non-hydrogen) atoms. The number of benzene rings is 2. The van der Waals surface area contributed by atoms with Gasteiger partial charge in [-0.25, -0.2) is 9.97 Å². The van der Waals surface area contributed by atoms with Crippen LogP contribution in [0.4, 0.5) is 17.3 Å². The molecule has 1 aromatic heterocycles. The van der Waals surface area contributed by atoms with E-state index in [1.165, 1.54) is 11.8 Å². The van der Waals surface area contributed by atoms with Crippen molar-refractivity contribution in [1.82, 2.24) is 9.97 Å². The number of anilines is 3. The molecule has 0 spiro atoms. The van der Waals surface area contributed by atoms with E-state index in [-0.39, 0.29) is 5.91 Å². The van der Waals surface area contributed by atoms with Gasteiger partial charge in [0.15, 0.2) is 11.5 Å². The molecule has 4 rings (SSSR count). The summed E-state index contributed by atoms with van der Waals surface area (Å²) in [6.07, 6.45) is 6.43. The van der Waals surface area contributed by atoms with Crippen LogP contribution in [0.15, 0.2) is 67.0 Å². The standard InChI is InChI=1S/C25H27N5O3/c1-32-22-10-8-19(16-23(22)33-2)9-11-24(31)28-20-17-26-25(27-18-20)30-14-12-29(13-15-30)21-6-4-3-5-7-21/h3-11,16-18H,12-15H2,1-2H3,(H,28,31)/b11-9+. The van der Waals surface area contributed by atoms with Gasteiger partial charge in [0.25, 0.3) is 0 Å². The van der Waals surface area contributed by atoms with Crippen LogP contribution in [-0.2, 0) is 4.79 Å². The number of ether oxygens (including phenoxy) is 2. The minimum atomic E-state index is -0.266. The smallest absolute Gasteiger partial charge is 0.248 e. The first-order valence-corrected chi connectivity index (χ1v) is 10.7. The fraction of sp³-hybridized carbons (Fsp3) is 0.240. The molecule has 1 aliphatic heterocycles. The van der Waals surface area contributed by atoms with Crippen LogP contribution in [-0.4, -0.2) is 56.3 Å². The topological polar surface area (TPSA) is 79.8 Å².